The van der Waals surface area contributed by atoms with Crippen molar-refractivity contribution in [2.75, 3.05) is 5.73 Å². The number of carbonyl (C=O) groups is 1. The summed E-state index contributed by atoms with van der Waals surface area (Å²) in [6.07, 6.45) is 2.74. The number of halogens is 1. The van der Waals surface area contributed by atoms with E-state index in [2.05, 4.69) is 38.9 Å². The summed E-state index contributed by atoms with van der Waals surface area (Å²) in [7, 11) is 1.90. The zero-order chi connectivity index (χ0) is 19.7. The van der Waals surface area contributed by atoms with Crippen molar-refractivity contribution in [3.63, 3.8) is 0 Å². The lowest BCUT2D eigenvalue weighted by Gasteiger charge is -2.11. The van der Waals surface area contributed by atoms with Crippen LogP contribution in [0, 0.1) is 18.3 Å². The Labute approximate surface area is 165 Å². The maximum absolute atomic E-state index is 11.4. The minimum Gasteiger partial charge on any atom is -0.383 e. The fourth-order valence-corrected chi connectivity index (χ4v) is 4.07. The molecule has 3 N–H and O–H groups in total. The van der Waals surface area contributed by atoms with Gasteiger partial charge in [0.2, 0.25) is 5.91 Å². The van der Waals surface area contributed by atoms with Crippen LogP contribution in [-0.4, -0.2) is 15.5 Å². The standard InChI is InChI=1S/C20H18BrN5O/c1-4-15(27)24-9-12-5-6-14(11(2)7-12)19-17(21)16-18(26(19)3)13(8-22)10-25-20(16)23/h4-7,10H,1,9H2,2-3H3,(H2,23,25)(H,24,27). The van der Waals surface area contributed by atoms with Gasteiger partial charge in [-0.05, 0) is 40.1 Å². The van der Waals surface area contributed by atoms with Gasteiger partial charge in [0, 0.05) is 25.4 Å². The molecule has 136 valence electrons. The molecule has 0 aliphatic carbocycles. The Kier molecular flexibility index (Phi) is 5.02. The van der Waals surface area contributed by atoms with E-state index in [1.807, 2.05) is 36.7 Å². The van der Waals surface area contributed by atoms with Crippen LogP contribution in [0.4, 0.5) is 5.82 Å². The highest BCUT2D eigenvalue weighted by Gasteiger charge is 2.21. The molecule has 0 fully saturated rings. The summed E-state index contributed by atoms with van der Waals surface area (Å²) in [4.78, 5) is 15.5. The number of aromatic nitrogens is 2. The minimum atomic E-state index is -0.208. The third-order valence-electron chi connectivity index (χ3n) is 4.50. The molecule has 0 spiro atoms. The summed E-state index contributed by atoms with van der Waals surface area (Å²) in [5, 5.41) is 12.9. The summed E-state index contributed by atoms with van der Waals surface area (Å²) in [6.45, 7) is 5.88. The molecule has 2 aromatic heterocycles. The first-order valence-electron chi connectivity index (χ1n) is 8.21. The Morgan fingerprint density at radius 2 is 2.26 bits per heavy atom. The maximum atomic E-state index is 11.4. The first-order valence-corrected chi connectivity index (χ1v) is 9.01. The van der Waals surface area contributed by atoms with Crippen molar-refractivity contribution in [3.8, 4) is 17.3 Å². The van der Waals surface area contributed by atoms with Crippen molar-refractivity contribution in [1.29, 1.82) is 5.26 Å². The van der Waals surface area contributed by atoms with Crippen molar-refractivity contribution < 1.29 is 4.79 Å². The Balaban J connectivity index is 2.13. The molecule has 1 amide bonds. The molecule has 2 heterocycles. The molecule has 3 aromatic rings. The number of anilines is 1. The van der Waals surface area contributed by atoms with E-state index >= 15 is 0 Å². The maximum Gasteiger partial charge on any atom is 0.243 e. The zero-order valence-corrected chi connectivity index (χ0v) is 16.6. The molecule has 1 aromatic carbocycles. The molecule has 0 aliphatic rings. The number of aryl methyl sites for hydroxylation is 2. The summed E-state index contributed by atoms with van der Waals surface area (Å²) in [5.74, 6) is 0.166. The number of benzene rings is 1. The van der Waals surface area contributed by atoms with Gasteiger partial charge >= 0.3 is 0 Å². The average Bonchev–Trinajstić information content (AvgIpc) is 2.92. The second-order valence-corrected chi connectivity index (χ2v) is 6.98. The highest BCUT2D eigenvalue weighted by molar-refractivity contribution is 9.10. The number of nitrogens with two attached hydrogens (primary N) is 1. The first kappa shape index (κ1) is 18.7. The number of hydrogen-bond acceptors (Lipinski definition) is 4. The predicted molar refractivity (Wildman–Crippen MR) is 110 cm³/mol. The van der Waals surface area contributed by atoms with Crippen LogP contribution in [-0.2, 0) is 18.4 Å². The smallest absolute Gasteiger partial charge is 0.243 e. The Morgan fingerprint density at radius 3 is 2.89 bits per heavy atom. The highest BCUT2D eigenvalue weighted by Crippen LogP contribution is 2.41. The average molecular weight is 424 g/mol. The molecule has 3 rings (SSSR count). The van der Waals surface area contributed by atoms with Crippen LogP contribution >= 0.6 is 15.9 Å². The molecular formula is C20H18BrN5O. The summed E-state index contributed by atoms with van der Waals surface area (Å²) in [6, 6.07) is 8.16. The topological polar surface area (TPSA) is 96.7 Å². The summed E-state index contributed by atoms with van der Waals surface area (Å²) >= 11 is 3.65. The van der Waals surface area contributed by atoms with Gasteiger partial charge in [-0.2, -0.15) is 5.26 Å². The van der Waals surface area contributed by atoms with E-state index < -0.39 is 0 Å². The van der Waals surface area contributed by atoms with Gasteiger partial charge in [0.1, 0.15) is 11.9 Å². The van der Waals surface area contributed by atoms with Gasteiger partial charge < -0.3 is 15.6 Å². The summed E-state index contributed by atoms with van der Waals surface area (Å²) < 4.78 is 2.76. The predicted octanol–water partition coefficient (Wildman–Crippen LogP) is 3.57. The molecule has 0 radical (unpaired) electrons. The molecule has 0 aliphatic heterocycles. The van der Waals surface area contributed by atoms with Gasteiger partial charge in [0.25, 0.3) is 0 Å². The van der Waals surface area contributed by atoms with Gasteiger partial charge in [-0.1, -0.05) is 24.8 Å². The van der Waals surface area contributed by atoms with Gasteiger partial charge in [-0.15, -0.1) is 0 Å². The molecule has 0 unspecified atom stereocenters. The molecular weight excluding hydrogens is 406 g/mol. The molecule has 7 heteroatoms. The Morgan fingerprint density at radius 1 is 1.52 bits per heavy atom. The van der Waals surface area contributed by atoms with Crippen molar-refractivity contribution >= 4 is 38.6 Å². The van der Waals surface area contributed by atoms with Crippen LogP contribution in [0.15, 0.2) is 41.5 Å². The number of carbonyl (C=O) groups excluding carboxylic acids is 1. The van der Waals surface area contributed by atoms with E-state index in [0.29, 0.717) is 17.9 Å². The van der Waals surface area contributed by atoms with Crippen LogP contribution in [0.3, 0.4) is 0 Å². The van der Waals surface area contributed by atoms with Crippen LogP contribution in [0.2, 0.25) is 0 Å². The van der Waals surface area contributed by atoms with E-state index in [0.717, 1.165) is 37.8 Å². The van der Waals surface area contributed by atoms with Gasteiger partial charge in [0.05, 0.1) is 26.6 Å². The second kappa shape index (κ2) is 7.25. The van der Waals surface area contributed by atoms with Crippen molar-refractivity contribution in [1.82, 2.24) is 14.9 Å². The number of nitrogens with zero attached hydrogens (tertiary/aromatic N) is 3. The van der Waals surface area contributed by atoms with E-state index in [9.17, 15) is 10.1 Å². The zero-order valence-electron chi connectivity index (χ0n) is 15.0. The van der Waals surface area contributed by atoms with Gasteiger partial charge in [-0.25, -0.2) is 4.98 Å². The number of nitrogen functional groups attached to an aromatic ring is 1. The third kappa shape index (κ3) is 3.20. The van der Waals surface area contributed by atoms with Crippen LogP contribution in [0.1, 0.15) is 16.7 Å². The minimum absolute atomic E-state index is 0.208. The van der Waals surface area contributed by atoms with Crippen molar-refractivity contribution in [3.05, 3.63) is 58.2 Å². The van der Waals surface area contributed by atoms with Crippen LogP contribution in [0.25, 0.3) is 22.2 Å². The lowest BCUT2D eigenvalue weighted by Crippen LogP contribution is -2.19. The van der Waals surface area contributed by atoms with E-state index in [1.54, 1.807) is 0 Å². The fraction of sp³-hybridized carbons (Fsp3) is 0.150. The van der Waals surface area contributed by atoms with Crippen LogP contribution in [0.5, 0.6) is 0 Å². The van der Waals surface area contributed by atoms with E-state index in [-0.39, 0.29) is 5.91 Å². The van der Waals surface area contributed by atoms with Gasteiger partial charge in [-0.3, -0.25) is 4.79 Å². The van der Waals surface area contributed by atoms with Gasteiger partial charge in [0.15, 0.2) is 0 Å². The van der Waals surface area contributed by atoms with Crippen molar-refractivity contribution in [2.24, 2.45) is 7.05 Å². The first-order chi connectivity index (χ1) is 12.9. The number of nitrogens with one attached hydrogen (secondary N) is 1. The number of amides is 1. The monoisotopic (exact) mass is 423 g/mol. The lowest BCUT2D eigenvalue weighted by atomic mass is 10.0. The molecule has 0 atom stereocenters. The quantitative estimate of drug-likeness (QED) is 0.626. The Bertz CT molecular complexity index is 1120. The number of nitriles is 1. The number of fused-ring (bicyclic) bond motifs is 1. The van der Waals surface area contributed by atoms with Crippen LogP contribution < -0.4 is 11.1 Å². The molecule has 27 heavy (non-hydrogen) atoms. The summed E-state index contributed by atoms with van der Waals surface area (Å²) in [5.41, 5.74) is 11.2. The molecule has 0 saturated carbocycles. The highest BCUT2D eigenvalue weighted by atomic mass is 79.9. The SMILES string of the molecule is C=CC(=O)NCc1ccc(-c2c(Br)c3c(N)ncc(C#N)c3n2C)c(C)c1. The molecule has 0 bridgehead atoms. The fourth-order valence-electron chi connectivity index (χ4n) is 3.20. The number of hydrogen-bond donors (Lipinski definition) is 2. The van der Waals surface area contributed by atoms with Crippen molar-refractivity contribution in [2.45, 2.75) is 13.5 Å². The number of pyridine rings is 1. The second-order valence-electron chi connectivity index (χ2n) is 6.19. The van der Waals surface area contributed by atoms with E-state index in [1.165, 1.54) is 12.3 Å². The largest absolute Gasteiger partial charge is 0.383 e. The normalized spacial score (nSPS) is 10.6. The third-order valence-corrected chi connectivity index (χ3v) is 5.27. The Hall–Kier alpha value is -3.11. The number of rotatable bonds is 4. The molecule has 6 nitrogen and oxygen atoms in total. The molecule has 0 saturated heterocycles. The van der Waals surface area contributed by atoms with E-state index in [4.69, 9.17) is 5.73 Å². The lowest BCUT2D eigenvalue weighted by molar-refractivity contribution is -0.116.